The Morgan fingerprint density at radius 2 is 1.62 bits per heavy atom. The van der Waals surface area contributed by atoms with Gasteiger partial charge in [0, 0.05) is 13.0 Å². The van der Waals surface area contributed by atoms with Gasteiger partial charge >= 0.3 is 0 Å². The lowest BCUT2D eigenvalue weighted by Crippen LogP contribution is -2.38. The molecule has 0 saturated carbocycles. The maximum atomic E-state index is 13.8. The Balaban J connectivity index is 2.22. The first-order valence-corrected chi connectivity index (χ1v) is 6.76. The number of nitrogens with zero attached hydrogens (tertiary/aromatic N) is 1. The Hall–Kier alpha value is -2.90. The molecule has 24 heavy (non-hydrogen) atoms. The number of benzene rings is 2. The van der Waals surface area contributed by atoms with Crippen molar-refractivity contribution in [1.82, 2.24) is 0 Å². The molecule has 0 aromatic heterocycles. The van der Waals surface area contributed by atoms with Gasteiger partial charge in [0.15, 0.2) is 0 Å². The highest BCUT2D eigenvalue weighted by molar-refractivity contribution is 6.01. The number of anilines is 2. The molecule has 126 valence electrons. The first kappa shape index (κ1) is 17.5. The van der Waals surface area contributed by atoms with Gasteiger partial charge in [0.25, 0.3) is 0 Å². The van der Waals surface area contributed by atoms with E-state index >= 15 is 0 Å². The van der Waals surface area contributed by atoms with Crippen LogP contribution in [0.3, 0.4) is 0 Å². The summed E-state index contributed by atoms with van der Waals surface area (Å²) in [5.41, 5.74) is -1.00. The van der Waals surface area contributed by atoms with Crippen LogP contribution in [0.4, 0.5) is 28.9 Å². The van der Waals surface area contributed by atoms with E-state index in [4.69, 9.17) is 0 Å². The van der Waals surface area contributed by atoms with Gasteiger partial charge in [-0.3, -0.25) is 14.5 Å². The third-order valence-corrected chi connectivity index (χ3v) is 3.09. The van der Waals surface area contributed by atoms with Gasteiger partial charge in [0.05, 0.1) is 5.69 Å². The molecule has 0 atom stereocenters. The highest BCUT2D eigenvalue weighted by Gasteiger charge is 2.23. The van der Waals surface area contributed by atoms with E-state index in [0.29, 0.717) is 11.0 Å². The van der Waals surface area contributed by atoms with Crippen LogP contribution in [0.2, 0.25) is 0 Å². The molecule has 0 aliphatic rings. The van der Waals surface area contributed by atoms with Crippen LogP contribution in [0, 0.1) is 23.3 Å². The number of carbonyl (C=O) groups excluding carboxylic acids is 2. The highest BCUT2D eigenvalue weighted by atomic mass is 19.1. The van der Waals surface area contributed by atoms with Crippen LogP contribution in [0.15, 0.2) is 36.4 Å². The topological polar surface area (TPSA) is 49.4 Å². The number of rotatable bonds is 4. The van der Waals surface area contributed by atoms with Crippen LogP contribution in [0.1, 0.15) is 6.92 Å². The monoisotopic (exact) mass is 340 g/mol. The standard InChI is InChI=1S/C16H12F4N2O2/c1-9(23)22(16-11(18)3-2-4-12(16)19)8-15(24)21-14-6-5-10(17)7-13(14)20/h2-7H,8H2,1H3,(H,21,24). The van der Waals surface area contributed by atoms with Gasteiger partial charge in [0.1, 0.15) is 35.5 Å². The molecule has 2 rings (SSSR count). The molecule has 0 saturated heterocycles. The van der Waals surface area contributed by atoms with Crippen LogP contribution >= 0.6 is 0 Å². The molecule has 0 aliphatic carbocycles. The maximum Gasteiger partial charge on any atom is 0.244 e. The van der Waals surface area contributed by atoms with Gasteiger partial charge < -0.3 is 5.32 Å². The van der Waals surface area contributed by atoms with Crippen molar-refractivity contribution in [3.8, 4) is 0 Å². The first-order chi connectivity index (χ1) is 11.3. The number of amides is 2. The van der Waals surface area contributed by atoms with Gasteiger partial charge in [0.2, 0.25) is 11.8 Å². The zero-order valence-corrected chi connectivity index (χ0v) is 12.4. The smallest absolute Gasteiger partial charge is 0.244 e. The average Bonchev–Trinajstić information content (AvgIpc) is 2.48. The molecule has 0 heterocycles. The summed E-state index contributed by atoms with van der Waals surface area (Å²) >= 11 is 0. The minimum Gasteiger partial charge on any atom is -0.322 e. The fourth-order valence-corrected chi connectivity index (χ4v) is 2.02. The molecule has 2 aromatic carbocycles. The lowest BCUT2D eigenvalue weighted by Gasteiger charge is -2.21. The molecular formula is C16H12F4N2O2. The first-order valence-electron chi connectivity index (χ1n) is 6.76. The van der Waals surface area contributed by atoms with E-state index in [2.05, 4.69) is 5.32 Å². The van der Waals surface area contributed by atoms with E-state index in [-0.39, 0.29) is 5.69 Å². The summed E-state index contributed by atoms with van der Waals surface area (Å²) in [4.78, 5) is 24.2. The van der Waals surface area contributed by atoms with Crippen molar-refractivity contribution in [1.29, 1.82) is 0 Å². The Morgan fingerprint density at radius 3 is 2.17 bits per heavy atom. The molecule has 1 N–H and O–H groups in total. The van der Waals surface area contributed by atoms with Crippen molar-refractivity contribution in [2.24, 2.45) is 0 Å². The molecule has 0 aliphatic heterocycles. The Labute approximate surface area is 134 Å². The van der Waals surface area contributed by atoms with Crippen molar-refractivity contribution in [3.63, 3.8) is 0 Å². The van der Waals surface area contributed by atoms with Crippen LogP contribution in [0.5, 0.6) is 0 Å². The van der Waals surface area contributed by atoms with Crippen LogP contribution in [-0.4, -0.2) is 18.4 Å². The van der Waals surface area contributed by atoms with Crippen LogP contribution < -0.4 is 10.2 Å². The maximum absolute atomic E-state index is 13.8. The number of hydrogen-bond acceptors (Lipinski definition) is 2. The van der Waals surface area contributed by atoms with Gasteiger partial charge in [-0.05, 0) is 24.3 Å². The van der Waals surface area contributed by atoms with Gasteiger partial charge in [-0.15, -0.1) is 0 Å². The summed E-state index contributed by atoms with van der Waals surface area (Å²) in [6.45, 7) is 0.279. The highest BCUT2D eigenvalue weighted by Crippen LogP contribution is 2.23. The fourth-order valence-electron chi connectivity index (χ4n) is 2.02. The van der Waals surface area contributed by atoms with Gasteiger partial charge in [-0.1, -0.05) is 6.07 Å². The van der Waals surface area contributed by atoms with Crippen molar-refractivity contribution in [3.05, 3.63) is 59.7 Å². The Bertz CT molecular complexity index is 775. The lowest BCUT2D eigenvalue weighted by molar-refractivity contribution is -0.120. The summed E-state index contributed by atoms with van der Waals surface area (Å²) in [7, 11) is 0. The van der Waals surface area contributed by atoms with E-state index in [1.165, 1.54) is 0 Å². The van der Waals surface area contributed by atoms with Crippen molar-refractivity contribution < 1.29 is 27.2 Å². The number of carbonyl (C=O) groups is 2. The van der Waals surface area contributed by atoms with E-state index in [1.54, 1.807) is 0 Å². The number of para-hydroxylation sites is 1. The predicted octanol–water partition coefficient (Wildman–Crippen LogP) is 3.23. The largest absolute Gasteiger partial charge is 0.322 e. The molecule has 0 bridgehead atoms. The van der Waals surface area contributed by atoms with Crippen molar-refractivity contribution in [2.45, 2.75) is 6.92 Å². The molecule has 0 spiro atoms. The lowest BCUT2D eigenvalue weighted by atomic mass is 10.2. The Kier molecular flexibility index (Phi) is 5.18. The summed E-state index contributed by atoms with van der Waals surface area (Å²) in [6, 6.07) is 5.47. The molecule has 0 fully saturated rings. The van der Waals surface area contributed by atoms with E-state index in [0.717, 1.165) is 37.3 Å². The second kappa shape index (κ2) is 7.12. The summed E-state index contributed by atoms with van der Waals surface area (Å²) in [6.07, 6.45) is 0. The zero-order valence-electron chi connectivity index (χ0n) is 12.4. The predicted molar refractivity (Wildman–Crippen MR) is 79.4 cm³/mol. The molecule has 4 nitrogen and oxygen atoms in total. The minimum atomic E-state index is -1.02. The molecule has 8 heteroatoms. The van der Waals surface area contributed by atoms with Crippen LogP contribution in [-0.2, 0) is 9.59 Å². The molecule has 2 amide bonds. The van der Waals surface area contributed by atoms with Gasteiger partial charge in [-0.25, -0.2) is 17.6 Å². The molecular weight excluding hydrogens is 328 g/mol. The van der Waals surface area contributed by atoms with Crippen molar-refractivity contribution >= 4 is 23.2 Å². The number of hydrogen-bond donors (Lipinski definition) is 1. The number of nitrogens with one attached hydrogen (secondary N) is 1. The quantitative estimate of drug-likeness (QED) is 0.869. The third kappa shape index (κ3) is 3.89. The summed E-state index contributed by atoms with van der Waals surface area (Å²) < 4.78 is 53.9. The van der Waals surface area contributed by atoms with E-state index in [9.17, 15) is 27.2 Å². The fraction of sp³-hybridized carbons (Fsp3) is 0.125. The zero-order chi connectivity index (χ0) is 17.9. The molecule has 0 radical (unpaired) electrons. The van der Waals surface area contributed by atoms with E-state index < -0.39 is 47.3 Å². The number of halogens is 4. The van der Waals surface area contributed by atoms with Crippen LogP contribution in [0.25, 0.3) is 0 Å². The SMILES string of the molecule is CC(=O)N(CC(=O)Nc1ccc(F)cc1F)c1c(F)cccc1F. The Morgan fingerprint density at radius 1 is 1.00 bits per heavy atom. The second-order valence-corrected chi connectivity index (χ2v) is 4.85. The van der Waals surface area contributed by atoms with E-state index in [1.807, 2.05) is 0 Å². The molecule has 2 aromatic rings. The molecule has 0 unspecified atom stereocenters. The normalized spacial score (nSPS) is 10.4. The van der Waals surface area contributed by atoms with Crippen molar-refractivity contribution in [2.75, 3.05) is 16.8 Å². The summed E-state index contributed by atoms with van der Waals surface area (Å²) in [5, 5.41) is 2.11. The average molecular weight is 340 g/mol. The second-order valence-electron chi connectivity index (χ2n) is 4.85. The van der Waals surface area contributed by atoms with Gasteiger partial charge in [-0.2, -0.15) is 0 Å². The third-order valence-electron chi connectivity index (χ3n) is 3.09. The minimum absolute atomic E-state index is 0.320. The summed E-state index contributed by atoms with van der Waals surface area (Å²) in [5.74, 6) is -5.58.